The van der Waals surface area contributed by atoms with Crippen LogP contribution in [0.15, 0.2) is 35.4 Å². The quantitative estimate of drug-likeness (QED) is 0.309. The molecule has 0 spiro atoms. The Morgan fingerprint density at radius 3 is 2.58 bits per heavy atom. The van der Waals surface area contributed by atoms with Crippen LogP contribution in [0.3, 0.4) is 0 Å². The Kier molecular flexibility index (Phi) is 5.29. The van der Waals surface area contributed by atoms with Crippen molar-refractivity contribution in [1.82, 2.24) is 44.3 Å². The highest BCUT2D eigenvalue weighted by Gasteiger charge is 2.43. The second kappa shape index (κ2) is 9.40. The van der Waals surface area contributed by atoms with E-state index in [0.29, 0.717) is 45.4 Å². The fraction of sp³-hybridized carbons (Fsp3) is 0.296. The molecule has 5 aromatic rings. The van der Waals surface area contributed by atoms with E-state index >= 15 is 4.39 Å². The molecule has 0 amide bonds. The number of hydrogen-bond donors (Lipinski definition) is 0. The number of rotatable bonds is 5. The van der Waals surface area contributed by atoms with Crippen molar-refractivity contribution < 1.29 is 12.9 Å². The summed E-state index contributed by atoms with van der Waals surface area (Å²) < 4.78 is 55.9. The molecule has 5 heterocycles. The first-order chi connectivity index (χ1) is 20.3. The van der Waals surface area contributed by atoms with E-state index in [-0.39, 0.29) is 39.8 Å². The lowest BCUT2D eigenvalue weighted by Gasteiger charge is -2.17. The molecule has 0 bridgehead atoms. The van der Waals surface area contributed by atoms with Crippen LogP contribution >= 0.6 is 11.6 Å². The minimum Gasteiger partial charge on any atom is -0.277 e. The van der Waals surface area contributed by atoms with Crippen molar-refractivity contribution in [3.63, 3.8) is 0 Å². The van der Waals surface area contributed by atoms with Gasteiger partial charge in [0.2, 0.25) is 0 Å². The van der Waals surface area contributed by atoms with E-state index in [1.165, 1.54) is 27.7 Å². The predicted molar refractivity (Wildman–Crippen MR) is 143 cm³/mol. The topological polar surface area (TPSA) is 109 Å². The van der Waals surface area contributed by atoms with Crippen molar-refractivity contribution in [2.24, 2.45) is 6.98 Å². The molecule has 1 aliphatic carbocycles. The summed E-state index contributed by atoms with van der Waals surface area (Å²) >= 11 is 6.60. The lowest BCUT2D eigenvalue weighted by Crippen LogP contribution is -2.24. The van der Waals surface area contributed by atoms with Gasteiger partial charge >= 0.3 is 0 Å². The minimum absolute atomic E-state index is 0.0297. The Balaban J connectivity index is 1.40. The first kappa shape index (κ1) is 22.5. The molecule has 0 aromatic carbocycles. The van der Waals surface area contributed by atoms with Crippen LogP contribution in [0.5, 0.6) is 0 Å². The third-order valence-corrected chi connectivity index (χ3v) is 7.37. The van der Waals surface area contributed by atoms with Gasteiger partial charge < -0.3 is 0 Å². The van der Waals surface area contributed by atoms with Crippen LogP contribution in [0.2, 0.25) is 5.02 Å². The maximum absolute atomic E-state index is 16.3. The molecule has 0 radical (unpaired) electrons. The maximum atomic E-state index is 16.3. The van der Waals surface area contributed by atoms with Crippen molar-refractivity contribution in [2.45, 2.75) is 46.0 Å². The highest BCUT2D eigenvalue weighted by atomic mass is 35.5. The highest BCUT2D eigenvalue weighted by molar-refractivity contribution is 6.31. The molecule has 1 aliphatic rings. The fourth-order valence-electron chi connectivity index (χ4n) is 5.04. The first-order valence-corrected chi connectivity index (χ1v) is 12.7. The number of halogens is 3. The van der Waals surface area contributed by atoms with E-state index in [9.17, 15) is 9.18 Å². The summed E-state index contributed by atoms with van der Waals surface area (Å²) in [7, 11) is 0. The first-order valence-electron chi connectivity index (χ1n) is 13.8. The van der Waals surface area contributed by atoms with Gasteiger partial charge in [0.25, 0.3) is 5.56 Å². The van der Waals surface area contributed by atoms with E-state index in [1.54, 1.807) is 33.8 Å². The SMILES string of the molecule is [2H]C([2H])([2H])n1ncc([C@H]2C[C@@H]2c2cc(C)n(-c3c(C)cnc(-c4ccc(F)c(-n5nc(C)nc5C)n4)c3F)c(=O)c2Cl)n1. The second-order valence-electron chi connectivity index (χ2n) is 9.78. The van der Waals surface area contributed by atoms with Crippen LogP contribution < -0.4 is 5.56 Å². The zero-order valence-electron chi connectivity index (χ0n) is 24.8. The zero-order chi connectivity index (χ0) is 31.0. The van der Waals surface area contributed by atoms with Gasteiger partial charge in [-0.05, 0) is 69.4 Å². The predicted octanol–water partition coefficient (Wildman–Crippen LogP) is 4.44. The molecule has 0 N–H and O–H groups in total. The summed E-state index contributed by atoms with van der Waals surface area (Å²) in [6, 6.07) is 4.15. The van der Waals surface area contributed by atoms with Crippen molar-refractivity contribution in [2.75, 3.05) is 0 Å². The fourth-order valence-corrected chi connectivity index (χ4v) is 5.32. The molecule has 10 nitrogen and oxygen atoms in total. The summed E-state index contributed by atoms with van der Waals surface area (Å²) in [5.41, 5.74) is 0.979. The Bertz CT molecular complexity index is 1990. The lowest BCUT2D eigenvalue weighted by molar-refractivity contribution is 0.594. The van der Waals surface area contributed by atoms with Crippen LogP contribution in [0, 0.1) is 39.3 Å². The van der Waals surface area contributed by atoms with E-state index < -0.39 is 24.2 Å². The van der Waals surface area contributed by atoms with Crippen LogP contribution in [0.4, 0.5) is 8.78 Å². The van der Waals surface area contributed by atoms with Crippen LogP contribution in [-0.2, 0) is 6.98 Å². The molecule has 2 atom stereocenters. The van der Waals surface area contributed by atoms with Gasteiger partial charge in [0.05, 0.1) is 23.3 Å². The molecule has 1 saturated carbocycles. The lowest BCUT2D eigenvalue weighted by atomic mass is 10.1. The van der Waals surface area contributed by atoms with Crippen molar-refractivity contribution in [1.29, 1.82) is 0 Å². The molecule has 0 saturated heterocycles. The normalized spacial score (nSPS) is 17.9. The molecule has 13 heteroatoms. The Labute approximate surface area is 236 Å². The molecule has 5 aromatic heterocycles. The molecule has 6 rings (SSSR count). The average Bonchev–Trinajstić information content (AvgIpc) is 3.40. The summed E-state index contributed by atoms with van der Waals surface area (Å²) in [6.07, 6.45) is 3.40. The third kappa shape index (κ3) is 4.19. The molecule has 40 heavy (non-hydrogen) atoms. The largest absolute Gasteiger partial charge is 0.277 e. The monoisotopic (exact) mass is 566 g/mol. The van der Waals surface area contributed by atoms with Gasteiger partial charge in [-0.2, -0.15) is 19.7 Å². The third-order valence-electron chi connectivity index (χ3n) is 6.99. The van der Waals surface area contributed by atoms with Gasteiger partial charge in [-0.3, -0.25) is 14.3 Å². The molecular formula is C27H24ClF2N9O. The van der Waals surface area contributed by atoms with Crippen LogP contribution in [0.25, 0.3) is 22.9 Å². The summed E-state index contributed by atoms with van der Waals surface area (Å²) in [4.78, 5) is 27.0. The van der Waals surface area contributed by atoms with E-state index in [1.807, 2.05) is 0 Å². The minimum atomic E-state index is -2.50. The van der Waals surface area contributed by atoms with Crippen molar-refractivity contribution in [3.8, 4) is 22.9 Å². The molecule has 1 fully saturated rings. The summed E-state index contributed by atoms with van der Waals surface area (Å²) in [5.74, 6) is -1.21. The van der Waals surface area contributed by atoms with Gasteiger partial charge in [-0.25, -0.2) is 18.7 Å². The standard InChI is InChI=1S/C27H24ClF2N9O/c1-12-10-31-24(20-7-6-19(29)26(34-20)39-15(4)33-14(3)35-39)23(30)25(12)38-13(2)8-18(22(28)27(38)40)16-9-17(16)21-11-32-37(5)36-21/h6-8,10-11,16-17H,9H2,1-5H3/t16-,17-/m0/s1/i5D3. The van der Waals surface area contributed by atoms with E-state index in [0.717, 1.165) is 6.07 Å². The van der Waals surface area contributed by atoms with Crippen LogP contribution in [0.1, 0.15) is 56.5 Å². The van der Waals surface area contributed by atoms with Gasteiger partial charge in [0, 0.05) is 28.9 Å². The Morgan fingerprint density at radius 1 is 1.07 bits per heavy atom. The number of pyridine rings is 3. The van der Waals surface area contributed by atoms with Crippen molar-refractivity contribution in [3.05, 3.63) is 91.8 Å². The van der Waals surface area contributed by atoms with Gasteiger partial charge in [-0.15, -0.1) is 5.10 Å². The van der Waals surface area contributed by atoms with Crippen molar-refractivity contribution >= 4 is 11.6 Å². The van der Waals surface area contributed by atoms with Gasteiger partial charge in [0.1, 0.15) is 22.4 Å². The number of hydrogen-bond acceptors (Lipinski definition) is 7. The zero-order valence-corrected chi connectivity index (χ0v) is 22.6. The summed E-state index contributed by atoms with van der Waals surface area (Å²) in [5, 5.41) is 12.0. The Morgan fingerprint density at radius 2 is 1.88 bits per heavy atom. The molecule has 0 aliphatic heterocycles. The highest BCUT2D eigenvalue weighted by Crippen LogP contribution is 2.55. The smallest absolute Gasteiger partial charge is 0.274 e. The number of aromatic nitrogens is 9. The number of aryl methyl sites for hydroxylation is 5. The van der Waals surface area contributed by atoms with Crippen LogP contribution in [-0.4, -0.2) is 44.3 Å². The number of nitrogens with zero attached hydrogens (tertiary/aromatic N) is 9. The van der Waals surface area contributed by atoms with Gasteiger partial charge in [0.15, 0.2) is 17.5 Å². The molecule has 0 unspecified atom stereocenters. The van der Waals surface area contributed by atoms with Gasteiger partial charge in [-0.1, -0.05) is 11.6 Å². The molecule has 204 valence electrons. The van der Waals surface area contributed by atoms with E-state index in [2.05, 4.69) is 30.2 Å². The Hall–Kier alpha value is -4.32. The average molecular weight is 567 g/mol. The van der Waals surface area contributed by atoms with E-state index in [4.69, 9.17) is 15.7 Å². The molecular weight excluding hydrogens is 540 g/mol. The summed E-state index contributed by atoms with van der Waals surface area (Å²) in [6.45, 7) is 4.07. The second-order valence-corrected chi connectivity index (χ2v) is 10.2. The maximum Gasteiger partial charge on any atom is 0.274 e.